The van der Waals surface area contributed by atoms with Crippen LogP contribution < -0.4 is 11.1 Å². The van der Waals surface area contributed by atoms with Crippen molar-refractivity contribution in [2.45, 2.75) is 30.2 Å². The van der Waals surface area contributed by atoms with Crippen LogP contribution in [0.1, 0.15) is 19.8 Å². The lowest BCUT2D eigenvalue weighted by Crippen LogP contribution is -2.53. The van der Waals surface area contributed by atoms with Crippen molar-refractivity contribution in [1.82, 2.24) is 5.32 Å². The van der Waals surface area contributed by atoms with Crippen LogP contribution in [0.4, 0.5) is 0 Å². The van der Waals surface area contributed by atoms with Crippen LogP contribution >= 0.6 is 35.0 Å². The van der Waals surface area contributed by atoms with Crippen LogP contribution in [0, 0.1) is 5.92 Å². The van der Waals surface area contributed by atoms with E-state index in [2.05, 4.69) is 5.32 Å². The molecule has 0 saturated heterocycles. The van der Waals surface area contributed by atoms with E-state index in [0.29, 0.717) is 28.3 Å². The van der Waals surface area contributed by atoms with Crippen LogP contribution in [0.5, 0.6) is 0 Å². The van der Waals surface area contributed by atoms with Gasteiger partial charge in [-0.05, 0) is 43.9 Å². The minimum absolute atomic E-state index is 0.0223. The van der Waals surface area contributed by atoms with E-state index in [1.165, 1.54) is 11.8 Å². The smallest absolute Gasteiger partial charge is 0.230 e. The summed E-state index contributed by atoms with van der Waals surface area (Å²) in [6.45, 7) is 2.48. The van der Waals surface area contributed by atoms with E-state index in [9.17, 15) is 4.79 Å². The number of carbonyl (C=O) groups is 1. The van der Waals surface area contributed by atoms with Crippen molar-refractivity contribution in [2.24, 2.45) is 11.7 Å². The molecule has 1 unspecified atom stereocenters. The van der Waals surface area contributed by atoms with E-state index in [1.54, 1.807) is 18.2 Å². The van der Waals surface area contributed by atoms with Crippen molar-refractivity contribution in [2.75, 3.05) is 12.3 Å². The highest BCUT2D eigenvalue weighted by Gasteiger charge is 2.41. The van der Waals surface area contributed by atoms with Gasteiger partial charge in [0, 0.05) is 16.5 Å². The van der Waals surface area contributed by atoms with Gasteiger partial charge in [-0.2, -0.15) is 0 Å². The van der Waals surface area contributed by atoms with Gasteiger partial charge in [0.2, 0.25) is 5.91 Å². The Morgan fingerprint density at radius 1 is 1.50 bits per heavy atom. The largest absolute Gasteiger partial charge is 0.349 e. The molecule has 0 aliphatic heterocycles. The number of nitrogens with two attached hydrogens (primary N) is 1. The highest BCUT2D eigenvalue weighted by molar-refractivity contribution is 8.00. The SMILES string of the molecule is CC(CN)(NC(=O)CSc1cc(Cl)ccc1Cl)C1CC1. The fraction of sp³-hybridized carbons (Fsp3) is 0.500. The molecule has 2 rings (SSSR count). The van der Waals surface area contributed by atoms with Gasteiger partial charge in [0.1, 0.15) is 0 Å². The molecule has 0 spiro atoms. The third kappa shape index (κ3) is 4.04. The molecule has 1 aliphatic carbocycles. The van der Waals surface area contributed by atoms with Gasteiger partial charge in [0.25, 0.3) is 0 Å². The lowest BCUT2D eigenvalue weighted by Gasteiger charge is -2.29. The molecule has 1 aromatic rings. The Labute approximate surface area is 133 Å². The summed E-state index contributed by atoms with van der Waals surface area (Å²) in [5.41, 5.74) is 5.51. The molecular formula is C14H18Cl2N2OS. The molecule has 1 aliphatic rings. The lowest BCUT2D eigenvalue weighted by molar-refractivity contribution is -0.120. The van der Waals surface area contributed by atoms with Crippen molar-refractivity contribution < 1.29 is 4.79 Å². The number of rotatable bonds is 6. The maximum Gasteiger partial charge on any atom is 0.230 e. The van der Waals surface area contributed by atoms with E-state index in [4.69, 9.17) is 28.9 Å². The molecule has 0 radical (unpaired) electrons. The molecule has 20 heavy (non-hydrogen) atoms. The number of benzene rings is 1. The van der Waals surface area contributed by atoms with Crippen LogP contribution in [-0.4, -0.2) is 23.7 Å². The highest BCUT2D eigenvalue weighted by Crippen LogP contribution is 2.39. The van der Waals surface area contributed by atoms with Crippen LogP contribution in [0.15, 0.2) is 23.1 Å². The molecule has 110 valence electrons. The molecule has 1 fully saturated rings. The first-order chi connectivity index (χ1) is 9.44. The van der Waals surface area contributed by atoms with Crippen LogP contribution in [0.2, 0.25) is 10.0 Å². The average molecular weight is 333 g/mol. The minimum Gasteiger partial charge on any atom is -0.349 e. The maximum absolute atomic E-state index is 12.1. The highest BCUT2D eigenvalue weighted by atomic mass is 35.5. The zero-order chi connectivity index (χ0) is 14.8. The summed E-state index contributed by atoms with van der Waals surface area (Å²) >= 11 is 13.4. The number of hydrogen-bond acceptors (Lipinski definition) is 3. The molecule has 0 aromatic heterocycles. The molecule has 1 saturated carbocycles. The Morgan fingerprint density at radius 2 is 2.20 bits per heavy atom. The average Bonchev–Trinajstić information content (AvgIpc) is 3.24. The first-order valence-electron chi connectivity index (χ1n) is 6.53. The third-order valence-corrected chi connectivity index (χ3v) is 5.31. The van der Waals surface area contributed by atoms with Crippen LogP contribution in [-0.2, 0) is 4.79 Å². The molecular weight excluding hydrogens is 315 g/mol. The lowest BCUT2D eigenvalue weighted by atomic mass is 9.96. The molecule has 1 amide bonds. The maximum atomic E-state index is 12.1. The van der Waals surface area contributed by atoms with Crippen molar-refractivity contribution in [3.8, 4) is 0 Å². The van der Waals surface area contributed by atoms with Crippen molar-refractivity contribution >= 4 is 40.9 Å². The van der Waals surface area contributed by atoms with Crippen molar-refractivity contribution in [3.63, 3.8) is 0 Å². The van der Waals surface area contributed by atoms with E-state index in [0.717, 1.165) is 17.7 Å². The topological polar surface area (TPSA) is 55.1 Å². The van der Waals surface area contributed by atoms with E-state index in [1.807, 2.05) is 6.92 Å². The number of carbonyl (C=O) groups excluding carboxylic acids is 1. The zero-order valence-corrected chi connectivity index (χ0v) is 13.6. The van der Waals surface area contributed by atoms with Crippen LogP contribution in [0.3, 0.4) is 0 Å². The summed E-state index contributed by atoms with van der Waals surface area (Å²) < 4.78 is 0. The van der Waals surface area contributed by atoms with Crippen molar-refractivity contribution in [1.29, 1.82) is 0 Å². The van der Waals surface area contributed by atoms with Gasteiger partial charge in [0.05, 0.1) is 16.3 Å². The molecule has 0 bridgehead atoms. The number of thioether (sulfide) groups is 1. The minimum atomic E-state index is -0.282. The second-order valence-corrected chi connectivity index (χ2v) is 7.17. The Balaban J connectivity index is 1.90. The zero-order valence-electron chi connectivity index (χ0n) is 11.3. The number of amides is 1. The molecule has 3 nitrogen and oxygen atoms in total. The van der Waals surface area contributed by atoms with Gasteiger partial charge in [0.15, 0.2) is 0 Å². The quantitative estimate of drug-likeness (QED) is 0.785. The summed E-state index contributed by atoms with van der Waals surface area (Å²) in [5, 5.41) is 4.27. The molecule has 1 aromatic carbocycles. The normalized spacial score (nSPS) is 17.6. The third-order valence-electron chi connectivity index (χ3n) is 3.58. The standard InChI is InChI=1S/C14H18Cl2N2OS/c1-14(8-17,9-2-3-9)18-13(19)7-20-12-6-10(15)4-5-11(12)16/h4-6,9H,2-3,7-8,17H2,1H3,(H,18,19). The second kappa shape index (κ2) is 6.56. The first-order valence-corrected chi connectivity index (χ1v) is 8.27. The van der Waals surface area contributed by atoms with Gasteiger partial charge in [-0.1, -0.05) is 23.2 Å². The molecule has 1 atom stereocenters. The van der Waals surface area contributed by atoms with Gasteiger partial charge >= 0.3 is 0 Å². The predicted octanol–water partition coefficient (Wildman–Crippen LogP) is 3.33. The summed E-state index contributed by atoms with van der Waals surface area (Å²) in [6, 6.07) is 5.23. The monoisotopic (exact) mass is 332 g/mol. The molecule has 6 heteroatoms. The Bertz CT molecular complexity index is 508. The summed E-state index contributed by atoms with van der Waals surface area (Å²) in [6.07, 6.45) is 2.28. The second-order valence-electron chi connectivity index (χ2n) is 5.31. The summed E-state index contributed by atoms with van der Waals surface area (Å²) in [5.74, 6) is 0.796. The number of halogens is 2. The van der Waals surface area contributed by atoms with Gasteiger partial charge in [-0.15, -0.1) is 11.8 Å². The Hall–Kier alpha value is -0.420. The summed E-state index contributed by atoms with van der Waals surface area (Å²) in [7, 11) is 0. The Kier molecular flexibility index (Phi) is 5.24. The Morgan fingerprint density at radius 3 is 2.80 bits per heavy atom. The van der Waals surface area contributed by atoms with E-state index >= 15 is 0 Å². The fourth-order valence-corrected chi connectivity index (χ4v) is 3.42. The van der Waals surface area contributed by atoms with E-state index < -0.39 is 0 Å². The predicted molar refractivity (Wildman–Crippen MR) is 85.5 cm³/mol. The van der Waals surface area contributed by atoms with Gasteiger partial charge in [-0.25, -0.2) is 0 Å². The van der Waals surface area contributed by atoms with Gasteiger partial charge < -0.3 is 11.1 Å². The first kappa shape index (κ1) is 16.0. The fourth-order valence-electron chi connectivity index (χ4n) is 2.13. The van der Waals surface area contributed by atoms with Crippen LogP contribution in [0.25, 0.3) is 0 Å². The van der Waals surface area contributed by atoms with E-state index in [-0.39, 0.29) is 11.4 Å². The molecule has 0 heterocycles. The number of hydrogen-bond donors (Lipinski definition) is 2. The molecule has 3 N–H and O–H groups in total. The van der Waals surface area contributed by atoms with Gasteiger partial charge in [-0.3, -0.25) is 4.79 Å². The number of nitrogens with one attached hydrogen (secondary N) is 1. The summed E-state index contributed by atoms with van der Waals surface area (Å²) in [4.78, 5) is 12.9. The van der Waals surface area contributed by atoms with Crippen molar-refractivity contribution in [3.05, 3.63) is 28.2 Å².